The number of amides is 1. The van der Waals surface area contributed by atoms with Crippen LogP contribution < -0.4 is 0 Å². The molecule has 126 valence electrons. The maximum atomic E-state index is 13.0. The van der Waals surface area contributed by atoms with Gasteiger partial charge in [-0.1, -0.05) is 11.6 Å². The third-order valence-electron chi connectivity index (χ3n) is 5.18. The standard InChI is InChI=1S/C20H24N2O2/c1-12-3-8-17-15(9-12)16(10-18(21-17)13-4-5-13)20(24)22(2)11-19(23)14-6-7-14/h3,8-10,13-14,19,23H,4-7,11H2,1-2H3. The number of likely N-dealkylation sites (N-methyl/N-ethyl adjacent to an activating group) is 1. The van der Waals surface area contributed by atoms with Crippen molar-refractivity contribution in [3.63, 3.8) is 0 Å². The lowest BCUT2D eigenvalue weighted by molar-refractivity contribution is 0.0647. The zero-order valence-corrected chi connectivity index (χ0v) is 14.3. The molecule has 4 rings (SSSR count). The number of aromatic nitrogens is 1. The van der Waals surface area contributed by atoms with Crippen LogP contribution in [0.4, 0.5) is 0 Å². The van der Waals surface area contributed by atoms with Crippen LogP contribution in [0.15, 0.2) is 24.3 Å². The van der Waals surface area contributed by atoms with Gasteiger partial charge in [0.1, 0.15) is 0 Å². The number of carbonyl (C=O) groups excluding carboxylic acids is 1. The van der Waals surface area contributed by atoms with E-state index in [1.54, 1.807) is 11.9 Å². The van der Waals surface area contributed by atoms with Crippen LogP contribution in [-0.4, -0.2) is 40.6 Å². The van der Waals surface area contributed by atoms with E-state index in [1.807, 2.05) is 31.2 Å². The normalized spacial score (nSPS) is 18.6. The smallest absolute Gasteiger partial charge is 0.254 e. The van der Waals surface area contributed by atoms with Crippen LogP contribution in [0.1, 0.15) is 53.2 Å². The summed E-state index contributed by atoms with van der Waals surface area (Å²) in [5.41, 5.74) is 3.77. The summed E-state index contributed by atoms with van der Waals surface area (Å²) in [5.74, 6) is 0.859. The van der Waals surface area contributed by atoms with Gasteiger partial charge in [-0.15, -0.1) is 0 Å². The third kappa shape index (κ3) is 3.03. The Morgan fingerprint density at radius 1 is 1.29 bits per heavy atom. The van der Waals surface area contributed by atoms with Gasteiger partial charge in [-0.3, -0.25) is 9.78 Å². The second kappa shape index (κ2) is 5.85. The zero-order chi connectivity index (χ0) is 16.8. The molecule has 4 nitrogen and oxygen atoms in total. The molecule has 2 fully saturated rings. The third-order valence-corrected chi connectivity index (χ3v) is 5.18. The Balaban J connectivity index is 1.70. The monoisotopic (exact) mass is 324 g/mol. The SMILES string of the molecule is Cc1ccc2nc(C3CC3)cc(C(=O)N(C)CC(O)C3CC3)c2c1. The molecule has 24 heavy (non-hydrogen) atoms. The molecule has 0 radical (unpaired) electrons. The molecule has 1 unspecified atom stereocenters. The van der Waals surface area contributed by atoms with Crippen LogP contribution in [0.25, 0.3) is 10.9 Å². The van der Waals surface area contributed by atoms with Gasteiger partial charge in [0.2, 0.25) is 0 Å². The highest BCUT2D eigenvalue weighted by Crippen LogP contribution is 2.40. The van der Waals surface area contributed by atoms with Gasteiger partial charge < -0.3 is 10.0 Å². The average Bonchev–Trinajstić information content (AvgIpc) is 3.45. The Labute approximate surface area is 142 Å². The first kappa shape index (κ1) is 15.6. The minimum atomic E-state index is -0.406. The van der Waals surface area contributed by atoms with E-state index in [2.05, 4.69) is 0 Å². The van der Waals surface area contributed by atoms with E-state index >= 15 is 0 Å². The van der Waals surface area contributed by atoms with Gasteiger partial charge in [-0.05, 0) is 56.7 Å². The highest BCUT2D eigenvalue weighted by atomic mass is 16.3. The molecule has 2 aliphatic rings. The van der Waals surface area contributed by atoms with Crippen molar-refractivity contribution in [2.24, 2.45) is 5.92 Å². The number of rotatable bonds is 5. The maximum Gasteiger partial charge on any atom is 0.254 e. The van der Waals surface area contributed by atoms with E-state index in [-0.39, 0.29) is 5.91 Å². The average molecular weight is 324 g/mol. The van der Waals surface area contributed by atoms with Gasteiger partial charge in [0.25, 0.3) is 5.91 Å². The lowest BCUT2D eigenvalue weighted by Gasteiger charge is -2.22. The summed E-state index contributed by atoms with van der Waals surface area (Å²) in [5, 5.41) is 11.1. The fourth-order valence-electron chi connectivity index (χ4n) is 3.32. The second-order valence-corrected chi connectivity index (χ2v) is 7.48. The zero-order valence-electron chi connectivity index (χ0n) is 14.3. The molecule has 1 N–H and O–H groups in total. The van der Waals surface area contributed by atoms with Crippen molar-refractivity contribution in [2.45, 2.75) is 44.6 Å². The number of aliphatic hydroxyl groups is 1. The van der Waals surface area contributed by atoms with Crippen molar-refractivity contribution in [2.75, 3.05) is 13.6 Å². The Hall–Kier alpha value is -1.94. The van der Waals surface area contributed by atoms with Crippen molar-refractivity contribution in [3.8, 4) is 0 Å². The molecule has 0 aliphatic heterocycles. The number of aryl methyl sites for hydroxylation is 1. The van der Waals surface area contributed by atoms with Crippen LogP contribution in [0.5, 0.6) is 0 Å². The van der Waals surface area contributed by atoms with Gasteiger partial charge in [-0.2, -0.15) is 0 Å². The van der Waals surface area contributed by atoms with E-state index in [1.165, 1.54) is 0 Å². The van der Waals surface area contributed by atoms with Crippen molar-refractivity contribution in [1.82, 2.24) is 9.88 Å². The van der Waals surface area contributed by atoms with Crippen molar-refractivity contribution >= 4 is 16.8 Å². The molecule has 2 aliphatic carbocycles. The Morgan fingerprint density at radius 2 is 2.04 bits per heavy atom. The molecule has 1 heterocycles. The van der Waals surface area contributed by atoms with Gasteiger partial charge in [-0.25, -0.2) is 0 Å². The summed E-state index contributed by atoms with van der Waals surface area (Å²) in [6.45, 7) is 2.43. The molecular weight excluding hydrogens is 300 g/mol. The van der Waals surface area contributed by atoms with E-state index in [0.717, 1.165) is 53.4 Å². The van der Waals surface area contributed by atoms with Crippen LogP contribution in [0, 0.1) is 12.8 Å². The number of carbonyl (C=O) groups is 1. The summed E-state index contributed by atoms with van der Waals surface area (Å²) in [6.07, 6.45) is 4.07. The van der Waals surface area contributed by atoms with Crippen molar-refractivity contribution < 1.29 is 9.90 Å². The first-order chi connectivity index (χ1) is 11.5. The molecule has 0 saturated heterocycles. The Kier molecular flexibility index (Phi) is 3.80. The lowest BCUT2D eigenvalue weighted by Crippen LogP contribution is -2.35. The first-order valence-electron chi connectivity index (χ1n) is 8.88. The highest BCUT2D eigenvalue weighted by molar-refractivity contribution is 6.06. The molecule has 4 heteroatoms. The van der Waals surface area contributed by atoms with Crippen LogP contribution >= 0.6 is 0 Å². The number of aliphatic hydroxyl groups excluding tert-OH is 1. The van der Waals surface area contributed by atoms with Gasteiger partial charge in [0, 0.05) is 30.6 Å². The van der Waals surface area contributed by atoms with Crippen molar-refractivity contribution in [3.05, 3.63) is 41.1 Å². The Bertz CT molecular complexity index is 794. The first-order valence-corrected chi connectivity index (χ1v) is 8.88. The maximum absolute atomic E-state index is 13.0. The summed E-state index contributed by atoms with van der Waals surface area (Å²) in [4.78, 5) is 19.5. The fraction of sp³-hybridized carbons (Fsp3) is 0.500. The van der Waals surface area contributed by atoms with Crippen molar-refractivity contribution in [1.29, 1.82) is 0 Å². The molecule has 1 aromatic carbocycles. The van der Waals surface area contributed by atoms with Gasteiger partial charge in [0.05, 0.1) is 17.2 Å². The summed E-state index contributed by atoms with van der Waals surface area (Å²) >= 11 is 0. The van der Waals surface area contributed by atoms with E-state index in [9.17, 15) is 9.90 Å². The molecule has 2 aromatic rings. The molecule has 1 atom stereocenters. The number of pyridine rings is 1. The topological polar surface area (TPSA) is 53.4 Å². The number of benzene rings is 1. The predicted octanol–water partition coefficient (Wildman–Crippen LogP) is 3.26. The highest BCUT2D eigenvalue weighted by Gasteiger charge is 2.32. The van der Waals surface area contributed by atoms with Gasteiger partial charge in [0.15, 0.2) is 0 Å². The van der Waals surface area contributed by atoms with Crippen LogP contribution in [0.3, 0.4) is 0 Å². The lowest BCUT2D eigenvalue weighted by atomic mass is 10.0. The molecule has 1 amide bonds. The molecular formula is C20H24N2O2. The number of fused-ring (bicyclic) bond motifs is 1. The van der Waals surface area contributed by atoms with E-state index < -0.39 is 6.10 Å². The molecule has 1 aromatic heterocycles. The van der Waals surface area contributed by atoms with Gasteiger partial charge >= 0.3 is 0 Å². The largest absolute Gasteiger partial charge is 0.391 e. The number of nitrogens with zero attached hydrogens (tertiary/aromatic N) is 2. The summed E-state index contributed by atoms with van der Waals surface area (Å²) in [7, 11) is 1.78. The number of hydrogen-bond acceptors (Lipinski definition) is 3. The van der Waals surface area contributed by atoms with E-state index in [4.69, 9.17) is 4.98 Å². The predicted molar refractivity (Wildman–Crippen MR) is 94.1 cm³/mol. The van der Waals surface area contributed by atoms with Crippen LogP contribution in [0.2, 0.25) is 0 Å². The molecule has 0 spiro atoms. The molecule has 2 saturated carbocycles. The van der Waals surface area contributed by atoms with Crippen LogP contribution in [-0.2, 0) is 0 Å². The second-order valence-electron chi connectivity index (χ2n) is 7.48. The van der Waals surface area contributed by atoms with E-state index in [0.29, 0.717) is 18.4 Å². The summed E-state index contributed by atoms with van der Waals surface area (Å²) < 4.78 is 0. The fourth-order valence-corrected chi connectivity index (χ4v) is 3.32. The quantitative estimate of drug-likeness (QED) is 0.918. The number of hydrogen-bond donors (Lipinski definition) is 1. The minimum Gasteiger partial charge on any atom is -0.391 e. The Morgan fingerprint density at radius 3 is 2.71 bits per heavy atom. The molecule has 0 bridgehead atoms. The minimum absolute atomic E-state index is 0.0189. The summed E-state index contributed by atoms with van der Waals surface area (Å²) in [6, 6.07) is 8.06.